The summed E-state index contributed by atoms with van der Waals surface area (Å²) < 4.78 is 85.4. The molecule has 10 heteroatoms. The molecule has 1 aromatic rings. The molecule has 0 saturated heterocycles. The van der Waals surface area contributed by atoms with E-state index in [1.165, 1.54) is 5.32 Å². The van der Waals surface area contributed by atoms with Crippen molar-refractivity contribution in [1.29, 1.82) is 0 Å². The number of hydrogen-bond donors (Lipinski definition) is 1. The lowest BCUT2D eigenvalue weighted by Gasteiger charge is -2.21. The minimum Gasteiger partial charge on any atom is -0.324 e. The topological polar surface area (TPSA) is 42.0 Å². The summed E-state index contributed by atoms with van der Waals surface area (Å²) in [5.74, 6) is -7.47. The number of anilines is 1. The fourth-order valence-corrected chi connectivity index (χ4v) is 1.15. The van der Waals surface area contributed by atoms with Gasteiger partial charge >= 0.3 is 12.4 Å². The monoisotopic (exact) mass is 290 g/mol. The van der Waals surface area contributed by atoms with Gasteiger partial charge in [-0.1, -0.05) is 0 Å². The number of carbonyl (C=O) groups excluding carboxylic acids is 1. The molecule has 0 bridgehead atoms. The number of carbonyl (C=O) groups is 1. The van der Waals surface area contributed by atoms with Gasteiger partial charge in [0.2, 0.25) is 17.8 Å². The molecule has 0 aromatic carbocycles. The van der Waals surface area contributed by atoms with Crippen LogP contribution in [0.1, 0.15) is 0 Å². The number of aromatic nitrogens is 1. The van der Waals surface area contributed by atoms with Crippen LogP contribution in [0.4, 0.5) is 36.4 Å². The van der Waals surface area contributed by atoms with Gasteiger partial charge in [0.05, 0.1) is 11.9 Å². The van der Waals surface area contributed by atoms with E-state index in [2.05, 4.69) is 4.98 Å². The highest BCUT2D eigenvalue weighted by Crippen LogP contribution is 2.39. The molecular formula is C9H5F7N2O. The third-order valence-electron chi connectivity index (χ3n) is 1.91. The first kappa shape index (κ1) is 15.2. The Kier molecular flexibility index (Phi) is 4.01. The van der Waals surface area contributed by atoms with E-state index in [1.54, 1.807) is 0 Å². The second kappa shape index (κ2) is 5.02. The van der Waals surface area contributed by atoms with Gasteiger partial charge in [-0.15, -0.1) is 0 Å². The molecule has 1 heterocycles. The van der Waals surface area contributed by atoms with Crippen molar-refractivity contribution in [2.75, 3.05) is 5.32 Å². The van der Waals surface area contributed by atoms with Gasteiger partial charge in [-0.25, -0.2) is 4.98 Å². The predicted octanol–water partition coefficient (Wildman–Crippen LogP) is 2.90. The van der Waals surface area contributed by atoms with Gasteiger partial charge in [-0.2, -0.15) is 30.7 Å². The maximum absolute atomic E-state index is 12.4. The largest absolute Gasteiger partial charge is 0.409 e. The van der Waals surface area contributed by atoms with Gasteiger partial charge in [-0.3, -0.25) is 4.79 Å². The Balaban J connectivity index is 2.93. The van der Waals surface area contributed by atoms with Crippen LogP contribution < -0.4 is 5.32 Å². The Hall–Kier alpha value is -1.87. The summed E-state index contributed by atoms with van der Waals surface area (Å²) in [7, 11) is 0. The molecule has 0 saturated carbocycles. The fraction of sp³-hybridized carbons (Fsp3) is 0.333. The molecule has 0 aliphatic heterocycles. The van der Waals surface area contributed by atoms with Crippen LogP contribution in [0.5, 0.6) is 0 Å². The number of amides is 1. The van der Waals surface area contributed by atoms with Crippen LogP contribution in [0, 0.1) is 11.9 Å². The van der Waals surface area contributed by atoms with E-state index in [0.717, 1.165) is 6.07 Å². The van der Waals surface area contributed by atoms with Crippen LogP contribution in [0.3, 0.4) is 0 Å². The first-order valence-corrected chi connectivity index (χ1v) is 4.57. The molecule has 0 radical (unpaired) electrons. The van der Waals surface area contributed by atoms with Gasteiger partial charge in [0.15, 0.2) is 0 Å². The van der Waals surface area contributed by atoms with Crippen LogP contribution >= 0.6 is 0 Å². The lowest BCUT2D eigenvalue weighted by molar-refractivity contribution is -0.272. The predicted molar refractivity (Wildman–Crippen MR) is 48.4 cm³/mol. The number of rotatable bonds is 2. The highest BCUT2D eigenvalue weighted by Gasteiger charge is 2.61. The molecule has 1 aromatic heterocycles. The van der Waals surface area contributed by atoms with E-state index < -0.39 is 35.8 Å². The minimum absolute atomic E-state index is 0.482. The summed E-state index contributed by atoms with van der Waals surface area (Å²) in [5, 5.41) is 1.37. The standard InChI is InChI=1S/C9H5F7N2O/c10-5-2-1-4(3-17-5)18-7(19)6(8(11,12)13)9(14,15)16/h1-3,6H,(H,18,19). The average Bonchev–Trinajstić information content (AvgIpc) is 2.16. The molecule has 0 atom stereocenters. The Morgan fingerprint density at radius 3 is 2.00 bits per heavy atom. The maximum Gasteiger partial charge on any atom is 0.409 e. The quantitative estimate of drug-likeness (QED) is 0.672. The molecule has 0 aliphatic rings. The van der Waals surface area contributed by atoms with Gasteiger partial charge < -0.3 is 5.32 Å². The molecule has 0 spiro atoms. The minimum atomic E-state index is -5.78. The van der Waals surface area contributed by atoms with E-state index >= 15 is 0 Å². The van der Waals surface area contributed by atoms with Gasteiger partial charge in [0, 0.05) is 0 Å². The van der Waals surface area contributed by atoms with Crippen LogP contribution in [0.15, 0.2) is 18.3 Å². The molecule has 1 amide bonds. The zero-order valence-corrected chi connectivity index (χ0v) is 8.81. The van der Waals surface area contributed by atoms with Crippen molar-refractivity contribution < 1.29 is 35.5 Å². The average molecular weight is 290 g/mol. The second-order valence-corrected chi connectivity index (χ2v) is 3.38. The normalized spacial score (nSPS) is 12.6. The fourth-order valence-electron chi connectivity index (χ4n) is 1.15. The van der Waals surface area contributed by atoms with Gasteiger partial charge in [0.1, 0.15) is 0 Å². The lowest BCUT2D eigenvalue weighted by atomic mass is 10.1. The Bertz CT molecular complexity index is 437. The number of halogens is 7. The number of pyridine rings is 1. The summed E-state index contributed by atoms with van der Waals surface area (Å²) in [6.07, 6.45) is -11.0. The first-order valence-electron chi connectivity index (χ1n) is 4.57. The molecule has 19 heavy (non-hydrogen) atoms. The Morgan fingerprint density at radius 1 is 1.11 bits per heavy atom. The molecule has 0 unspecified atom stereocenters. The highest BCUT2D eigenvalue weighted by molar-refractivity contribution is 5.93. The van der Waals surface area contributed by atoms with E-state index in [9.17, 15) is 35.5 Å². The first-order chi connectivity index (χ1) is 8.51. The van der Waals surface area contributed by atoms with Crippen molar-refractivity contribution in [2.45, 2.75) is 12.4 Å². The van der Waals surface area contributed by atoms with Crippen LogP contribution in [0.2, 0.25) is 0 Å². The number of nitrogens with one attached hydrogen (secondary N) is 1. The number of alkyl halides is 6. The van der Waals surface area contributed by atoms with Crippen molar-refractivity contribution in [3.63, 3.8) is 0 Å². The third kappa shape index (κ3) is 4.07. The number of nitrogens with zero attached hydrogens (tertiary/aromatic N) is 1. The van der Waals surface area contributed by atoms with Crippen LogP contribution in [0.25, 0.3) is 0 Å². The van der Waals surface area contributed by atoms with Crippen LogP contribution in [-0.4, -0.2) is 23.2 Å². The summed E-state index contributed by atoms with van der Waals surface area (Å²) in [6, 6.07) is 1.45. The van der Waals surface area contributed by atoms with E-state index in [0.29, 0.717) is 12.3 Å². The van der Waals surface area contributed by atoms with E-state index in [1.807, 2.05) is 0 Å². The second-order valence-electron chi connectivity index (χ2n) is 3.38. The van der Waals surface area contributed by atoms with Crippen molar-refractivity contribution in [1.82, 2.24) is 4.98 Å². The van der Waals surface area contributed by atoms with E-state index in [4.69, 9.17) is 0 Å². The lowest BCUT2D eigenvalue weighted by Crippen LogP contribution is -2.45. The summed E-state index contributed by atoms with van der Waals surface area (Å²) in [6.45, 7) is 0. The molecule has 0 fully saturated rings. The Labute approximate surface area is 101 Å². The molecular weight excluding hydrogens is 285 g/mol. The van der Waals surface area contributed by atoms with Gasteiger partial charge in [-0.05, 0) is 12.1 Å². The highest BCUT2D eigenvalue weighted by atomic mass is 19.4. The Morgan fingerprint density at radius 2 is 1.63 bits per heavy atom. The van der Waals surface area contributed by atoms with Gasteiger partial charge in [0.25, 0.3) is 0 Å². The molecule has 1 N–H and O–H groups in total. The van der Waals surface area contributed by atoms with Crippen molar-refractivity contribution >= 4 is 11.6 Å². The maximum atomic E-state index is 12.4. The molecule has 0 aliphatic carbocycles. The van der Waals surface area contributed by atoms with Crippen molar-refractivity contribution in [2.24, 2.45) is 5.92 Å². The smallest absolute Gasteiger partial charge is 0.324 e. The molecule has 106 valence electrons. The molecule has 1 rings (SSSR count). The summed E-state index contributed by atoms with van der Waals surface area (Å²) >= 11 is 0. The summed E-state index contributed by atoms with van der Waals surface area (Å²) in [4.78, 5) is 14.0. The van der Waals surface area contributed by atoms with Crippen molar-refractivity contribution in [3.8, 4) is 0 Å². The number of hydrogen-bond acceptors (Lipinski definition) is 2. The zero-order chi connectivity index (χ0) is 14.8. The molecule has 3 nitrogen and oxygen atoms in total. The van der Waals surface area contributed by atoms with E-state index in [-0.39, 0.29) is 0 Å². The SMILES string of the molecule is O=C(Nc1ccc(F)nc1)C(C(F)(F)F)C(F)(F)F. The van der Waals surface area contributed by atoms with Crippen molar-refractivity contribution in [3.05, 3.63) is 24.3 Å². The van der Waals surface area contributed by atoms with Crippen LogP contribution in [-0.2, 0) is 4.79 Å². The summed E-state index contributed by atoms with van der Waals surface area (Å²) in [5.41, 5.74) is -0.482. The zero-order valence-electron chi connectivity index (χ0n) is 8.81. The third-order valence-corrected chi connectivity index (χ3v) is 1.91.